The van der Waals surface area contributed by atoms with Crippen molar-refractivity contribution in [3.05, 3.63) is 20.8 Å². The summed E-state index contributed by atoms with van der Waals surface area (Å²) in [6.07, 6.45) is 4.69. The fourth-order valence-electron chi connectivity index (χ4n) is 4.39. The zero-order valence-electron chi connectivity index (χ0n) is 17.5. The van der Waals surface area contributed by atoms with E-state index in [4.69, 9.17) is 5.73 Å². The zero-order chi connectivity index (χ0) is 22.0. The Kier molecular flexibility index (Phi) is 6.42. The second-order valence-corrected chi connectivity index (χ2v) is 8.03. The van der Waals surface area contributed by atoms with Crippen LogP contribution < -0.4 is 21.9 Å². The number of imide groups is 1. The Morgan fingerprint density at radius 2 is 1.70 bits per heavy atom. The number of H-pyrrole nitrogens is 1. The number of aromatic amines is 1. The molecule has 1 aliphatic heterocycles. The lowest BCUT2D eigenvalue weighted by molar-refractivity contribution is -0.140. The molecule has 30 heavy (non-hydrogen) atoms. The molecule has 3 rings (SSSR count). The number of hydrogen-bond acceptors (Lipinski definition) is 6. The van der Waals surface area contributed by atoms with Crippen LogP contribution in [0.25, 0.3) is 0 Å². The molecule has 2 atom stereocenters. The van der Waals surface area contributed by atoms with E-state index in [1.54, 1.807) is 0 Å². The van der Waals surface area contributed by atoms with E-state index in [1.807, 2.05) is 6.92 Å². The monoisotopic (exact) mass is 419 g/mol. The van der Waals surface area contributed by atoms with Crippen LogP contribution in [0.3, 0.4) is 0 Å². The second kappa shape index (κ2) is 8.85. The maximum absolute atomic E-state index is 12.7. The number of aromatic nitrogens is 2. The van der Waals surface area contributed by atoms with Crippen LogP contribution in [0.5, 0.6) is 0 Å². The highest BCUT2D eigenvalue weighted by Crippen LogP contribution is 2.38. The number of unbranched alkanes of at least 4 members (excludes halogenated alkanes) is 1. The van der Waals surface area contributed by atoms with Gasteiger partial charge in [0.25, 0.3) is 5.56 Å². The van der Waals surface area contributed by atoms with E-state index in [1.165, 1.54) is 16.5 Å². The van der Waals surface area contributed by atoms with Crippen molar-refractivity contribution in [3.63, 3.8) is 0 Å². The van der Waals surface area contributed by atoms with Crippen molar-refractivity contribution in [2.45, 2.75) is 58.4 Å². The van der Waals surface area contributed by atoms with Gasteiger partial charge >= 0.3 is 5.69 Å². The fourth-order valence-corrected chi connectivity index (χ4v) is 4.39. The molecule has 0 radical (unpaired) electrons. The number of hydrogen-bond donors (Lipinski definition) is 2. The Bertz CT molecular complexity index is 941. The first kappa shape index (κ1) is 21.8. The van der Waals surface area contributed by atoms with Gasteiger partial charge in [0, 0.05) is 26.6 Å². The molecule has 164 valence electrons. The number of nitrogens with two attached hydrogens (primary N) is 1. The Balaban J connectivity index is 1.73. The molecule has 1 saturated heterocycles. The molecular formula is C20H29N5O5. The molecule has 10 nitrogen and oxygen atoms in total. The van der Waals surface area contributed by atoms with Gasteiger partial charge in [0.1, 0.15) is 5.82 Å². The molecule has 2 unspecified atom stereocenters. The quantitative estimate of drug-likeness (QED) is 0.615. The van der Waals surface area contributed by atoms with Gasteiger partial charge in [-0.05, 0) is 19.3 Å². The summed E-state index contributed by atoms with van der Waals surface area (Å²) in [5.41, 5.74) is 4.56. The van der Waals surface area contributed by atoms with Crippen molar-refractivity contribution in [2.75, 3.05) is 24.2 Å². The molecule has 0 spiro atoms. The summed E-state index contributed by atoms with van der Waals surface area (Å²) in [7, 11) is 1.39. The standard InChI is InChI=1S/C20H29N5O5/c1-3-4-10-24-16(21)15(17(27)22-20(24)30)23(2)14(26)9-11-25-18(28)12-7-5-6-8-13(12)19(25)29/h12-13H,3-11,21H2,1-2H3,(H,22,27,30). The first-order valence-corrected chi connectivity index (χ1v) is 10.5. The van der Waals surface area contributed by atoms with Gasteiger partial charge in [0.15, 0.2) is 5.69 Å². The number of anilines is 2. The summed E-state index contributed by atoms with van der Waals surface area (Å²) in [4.78, 5) is 66.7. The summed E-state index contributed by atoms with van der Waals surface area (Å²) in [5, 5.41) is 0. The van der Waals surface area contributed by atoms with Gasteiger partial charge in [-0.2, -0.15) is 0 Å². The maximum Gasteiger partial charge on any atom is 0.330 e. The Morgan fingerprint density at radius 1 is 1.10 bits per heavy atom. The normalized spacial score (nSPS) is 21.1. The number of rotatable bonds is 7. The highest BCUT2D eigenvalue weighted by Gasteiger charge is 2.47. The second-order valence-electron chi connectivity index (χ2n) is 8.03. The van der Waals surface area contributed by atoms with E-state index < -0.39 is 17.2 Å². The molecule has 2 aliphatic rings. The molecule has 3 N–H and O–H groups in total. The molecule has 0 aromatic carbocycles. The predicted octanol–water partition coefficient (Wildman–Crippen LogP) is 0.447. The van der Waals surface area contributed by atoms with Crippen LogP contribution in [0, 0.1) is 11.8 Å². The highest BCUT2D eigenvalue weighted by molar-refractivity contribution is 6.05. The van der Waals surface area contributed by atoms with Crippen LogP contribution in [0.1, 0.15) is 51.9 Å². The summed E-state index contributed by atoms with van der Waals surface area (Å²) in [6, 6.07) is 0. The molecule has 1 saturated carbocycles. The molecule has 1 aliphatic carbocycles. The number of nitrogens with zero attached hydrogens (tertiary/aromatic N) is 3. The molecule has 3 amide bonds. The minimum atomic E-state index is -0.750. The van der Waals surface area contributed by atoms with Gasteiger partial charge in [0.05, 0.1) is 11.8 Å². The van der Waals surface area contributed by atoms with Gasteiger partial charge < -0.3 is 10.6 Å². The van der Waals surface area contributed by atoms with Gasteiger partial charge in [-0.25, -0.2) is 4.79 Å². The van der Waals surface area contributed by atoms with E-state index in [0.29, 0.717) is 25.8 Å². The third-order valence-electron chi connectivity index (χ3n) is 6.14. The molecule has 2 fully saturated rings. The van der Waals surface area contributed by atoms with E-state index in [2.05, 4.69) is 4.98 Å². The Hall–Kier alpha value is -2.91. The number of amides is 3. The number of carbonyl (C=O) groups is 3. The van der Waals surface area contributed by atoms with Crippen molar-refractivity contribution in [1.82, 2.24) is 14.5 Å². The smallest absolute Gasteiger partial charge is 0.330 e. The topological polar surface area (TPSA) is 139 Å². The van der Waals surface area contributed by atoms with Crippen molar-refractivity contribution >= 4 is 29.2 Å². The Morgan fingerprint density at radius 3 is 2.27 bits per heavy atom. The molecule has 1 aromatic heterocycles. The SMILES string of the molecule is CCCCn1c(N)c(N(C)C(=O)CCN2C(=O)C3CCCCC3C2=O)c(=O)[nH]c1=O. The van der Waals surface area contributed by atoms with Gasteiger partial charge in [-0.3, -0.25) is 33.6 Å². The zero-order valence-corrected chi connectivity index (χ0v) is 17.5. The number of nitrogens with one attached hydrogen (secondary N) is 1. The van der Waals surface area contributed by atoms with Crippen LogP contribution in [0.2, 0.25) is 0 Å². The van der Waals surface area contributed by atoms with E-state index in [0.717, 1.165) is 24.2 Å². The number of fused-ring (bicyclic) bond motifs is 1. The van der Waals surface area contributed by atoms with E-state index in [-0.39, 0.29) is 48.1 Å². The molecular weight excluding hydrogens is 390 g/mol. The van der Waals surface area contributed by atoms with Crippen molar-refractivity contribution in [3.8, 4) is 0 Å². The summed E-state index contributed by atoms with van der Waals surface area (Å²) >= 11 is 0. The third-order valence-corrected chi connectivity index (χ3v) is 6.14. The van der Waals surface area contributed by atoms with Crippen LogP contribution in [-0.2, 0) is 20.9 Å². The highest BCUT2D eigenvalue weighted by atomic mass is 16.2. The van der Waals surface area contributed by atoms with Crippen LogP contribution in [-0.4, -0.2) is 45.8 Å². The summed E-state index contributed by atoms with van der Waals surface area (Å²) < 4.78 is 1.24. The molecule has 2 heterocycles. The molecule has 10 heteroatoms. The lowest BCUT2D eigenvalue weighted by Crippen LogP contribution is -2.41. The average molecular weight is 419 g/mol. The largest absolute Gasteiger partial charge is 0.383 e. The molecule has 0 bridgehead atoms. The first-order chi connectivity index (χ1) is 14.3. The van der Waals surface area contributed by atoms with E-state index in [9.17, 15) is 24.0 Å². The summed E-state index contributed by atoms with van der Waals surface area (Å²) in [5.74, 6) is -1.48. The van der Waals surface area contributed by atoms with Crippen LogP contribution >= 0.6 is 0 Å². The van der Waals surface area contributed by atoms with Gasteiger partial charge in [0.2, 0.25) is 17.7 Å². The Labute approximate surface area is 174 Å². The predicted molar refractivity (Wildman–Crippen MR) is 111 cm³/mol. The average Bonchev–Trinajstić information content (AvgIpc) is 2.96. The minimum absolute atomic E-state index is 0.0267. The third kappa shape index (κ3) is 3.90. The first-order valence-electron chi connectivity index (χ1n) is 10.5. The number of likely N-dealkylation sites (tertiary alicyclic amines) is 1. The van der Waals surface area contributed by atoms with Gasteiger partial charge in [-0.1, -0.05) is 26.2 Å². The number of nitrogen functional groups attached to an aromatic ring is 1. The molecule has 1 aromatic rings. The maximum atomic E-state index is 12.7. The minimum Gasteiger partial charge on any atom is -0.383 e. The van der Waals surface area contributed by atoms with Gasteiger partial charge in [-0.15, -0.1) is 0 Å². The van der Waals surface area contributed by atoms with Crippen LogP contribution in [0.4, 0.5) is 11.5 Å². The van der Waals surface area contributed by atoms with Crippen molar-refractivity contribution < 1.29 is 14.4 Å². The fraction of sp³-hybridized carbons (Fsp3) is 0.650. The van der Waals surface area contributed by atoms with E-state index >= 15 is 0 Å². The van der Waals surface area contributed by atoms with Crippen molar-refractivity contribution in [1.29, 1.82) is 0 Å². The van der Waals surface area contributed by atoms with Crippen molar-refractivity contribution in [2.24, 2.45) is 11.8 Å². The summed E-state index contributed by atoms with van der Waals surface area (Å²) in [6.45, 7) is 2.26. The van der Waals surface area contributed by atoms with Crippen LogP contribution in [0.15, 0.2) is 9.59 Å². The lowest BCUT2D eigenvalue weighted by atomic mass is 9.81. The lowest BCUT2D eigenvalue weighted by Gasteiger charge is -2.21. The number of carbonyl (C=O) groups excluding carboxylic acids is 3.